The number of hydrogen-bond acceptors (Lipinski definition) is 1. The van der Waals surface area contributed by atoms with Crippen molar-refractivity contribution in [3.05, 3.63) is 107 Å². The van der Waals surface area contributed by atoms with Crippen LogP contribution in [0.3, 0.4) is 0 Å². The van der Waals surface area contributed by atoms with Crippen molar-refractivity contribution < 1.29 is 0 Å². The molecule has 0 bridgehead atoms. The van der Waals surface area contributed by atoms with E-state index in [4.69, 9.17) is 10.7 Å². The normalized spacial score (nSPS) is 14.3. The number of aliphatic imine (C=N–C) groups is 1. The van der Waals surface area contributed by atoms with Crippen LogP contribution in [0.2, 0.25) is 0 Å². The van der Waals surface area contributed by atoms with Crippen LogP contribution in [0.1, 0.15) is 28.3 Å². The Morgan fingerprint density at radius 1 is 0.769 bits per heavy atom. The Labute approximate surface area is 154 Å². The molecule has 4 rings (SSSR count). The molecule has 0 amide bonds. The highest BCUT2D eigenvalue weighted by molar-refractivity contribution is 5.79. The topological polar surface area (TPSA) is 41.6 Å². The van der Waals surface area contributed by atoms with Gasteiger partial charge in [-0.15, -0.1) is 0 Å². The van der Waals surface area contributed by atoms with E-state index in [-0.39, 0.29) is 6.04 Å². The molecule has 0 radical (unpaired) electrons. The van der Waals surface area contributed by atoms with Crippen molar-refractivity contribution in [2.45, 2.75) is 19.0 Å². The lowest BCUT2D eigenvalue weighted by molar-refractivity contribution is 0.387. The van der Waals surface area contributed by atoms with Gasteiger partial charge in [-0.1, -0.05) is 84.9 Å². The van der Waals surface area contributed by atoms with E-state index in [2.05, 4.69) is 53.4 Å². The molecule has 3 heteroatoms. The fourth-order valence-corrected chi connectivity index (χ4v) is 3.52. The lowest BCUT2D eigenvalue weighted by Gasteiger charge is -2.30. The molecule has 3 aromatic rings. The van der Waals surface area contributed by atoms with Gasteiger partial charge in [0.25, 0.3) is 0 Å². The van der Waals surface area contributed by atoms with Crippen LogP contribution in [0.15, 0.2) is 89.9 Å². The zero-order valence-electron chi connectivity index (χ0n) is 14.8. The maximum Gasteiger partial charge on any atom is 0.192 e. The van der Waals surface area contributed by atoms with E-state index < -0.39 is 0 Å². The van der Waals surface area contributed by atoms with Gasteiger partial charge in [-0.05, 0) is 28.7 Å². The summed E-state index contributed by atoms with van der Waals surface area (Å²) >= 11 is 0. The molecule has 1 heterocycles. The largest absolute Gasteiger partial charge is 0.370 e. The Bertz CT molecular complexity index is 848. The molecule has 0 fully saturated rings. The highest BCUT2D eigenvalue weighted by Gasteiger charge is 2.19. The van der Waals surface area contributed by atoms with Gasteiger partial charge < -0.3 is 10.6 Å². The Kier molecular flexibility index (Phi) is 4.69. The Morgan fingerprint density at radius 3 is 1.92 bits per heavy atom. The van der Waals surface area contributed by atoms with Crippen molar-refractivity contribution in [1.29, 1.82) is 0 Å². The molecule has 0 unspecified atom stereocenters. The molecular weight excluding hydrogens is 318 g/mol. The highest BCUT2D eigenvalue weighted by Crippen LogP contribution is 2.27. The molecule has 0 spiro atoms. The van der Waals surface area contributed by atoms with Crippen LogP contribution >= 0.6 is 0 Å². The molecule has 0 atom stereocenters. The van der Waals surface area contributed by atoms with Crippen molar-refractivity contribution in [2.75, 3.05) is 6.54 Å². The summed E-state index contributed by atoms with van der Waals surface area (Å²) in [5.41, 5.74) is 11.5. The molecule has 3 nitrogen and oxygen atoms in total. The van der Waals surface area contributed by atoms with Crippen LogP contribution in [0, 0.1) is 0 Å². The maximum atomic E-state index is 6.46. The number of fused-ring (bicyclic) bond motifs is 1. The number of nitrogens with two attached hydrogens (primary N) is 1. The summed E-state index contributed by atoms with van der Waals surface area (Å²) in [5, 5.41) is 0. The molecule has 0 saturated carbocycles. The van der Waals surface area contributed by atoms with Crippen LogP contribution < -0.4 is 5.73 Å². The summed E-state index contributed by atoms with van der Waals surface area (Å²) in [6, 6.07) is 29.2. The Morgan fingerprint density at radius 2 is 1.31 bits per heavy atom. The van der Waals surface area contributed by atoms with Crippen molar-refractivity contribution in [1.82, 2.24) is 4.90 Å². The first-order valence-electron chi connectivity index (χ1n) is 9.06. The van der Waals surface area contributed by atoms with Crippen molar-refractivity contribution in [3.8, 4) is 0 Å². The average molecular weight is 341 g/mol. The fraction of sp³-hybridized carbons (Fsp3) is 0.174. The summed E-state index contributed by atoms with van der Waals surface area (Å²) in [4.78, 5) is 7.12. The molecule has 0 aromatic heterocycles. The molecule has 0 aliphatic carbocycles. The second kappa shape index (κ2) is 7.44. The monoisotopic (exact) mass is 341 g/mol. The van der Waals surface area contributed by atoms with Gasteiger partial charge in [0.2, 0.25) is 0 Å². The van der Waals surface area contributed by atoms with Crippen LogP contribution in [-0.2, 0) is 13.0 Å². The first-order valence-corrected chi connectivity index (χ1v) is 9.06. The minimum atomic E-state index is -0.0884. The van der Waals surface area contributed by atoms with Crippen molar-refractivity contribution >= 4 is 5.96 Å². The van der Waals surface area contributed by atoms with Crippen LogP contribution in [-0.4, -0.2) is 17.4 Å². The first-order chi connectivity index (χ1) is 12.8. The fourth-order valence-electron chi connectivity index (χ4n) is 3.52. The molecule has 1 aliphatic rings. The minimum absolute atomic E-state index is 0.0884. The third-order valence-electron chi connectivity index (χ3n) is 4.95. The Hall–Kier alpha value is -3.07. The SMILES string of the molecule is NC(=NC(c1ccccc1)c1ccccc1)N1CCc2ccccc2C1. The zero-order valence-corrected chi connectivity index (χ0v) is 14.8. The summed E-state index contributed by atoms with van der Waals surface area (Å²) in [6.45, 7) is 1.73. The van der Waals surface area contributed by atoms with Gasteiger partial charge in [-0.3, -0.25) is 0 Å². The number of benzene rings is 3. The molecule has 1 aliphatic heterocycles. The van der Waals surface area contributed by atoms with Gasteiger partial charge in [0.1, 0.15) is 6.04 Å². The third-order valence-corrected chi connectivity index (χ3v) is 4.95. The maximum absolute atomic E-state index is 6.46. The predicted molar refractivity (Wildman–Crippen MR) is 107 cm³/mol. The second-order valence-electron chi connectivity index (χ2n) is 6.65. The number of rotatable bonds is 3. The van der Waals surface area contributed by atoms with Gasteiger partial charge in [0, 0.05) is 13.1 Å². The van der Waals surface area contributed by atoms with Gasteiger partial charge >= 0.3 is 0 Å². The van der Waals surface area contributed by atoms with Gasteiger partial charge in [-0.2, -0.15) is 0 Å². The summed E-state index contributed by atoms with van der Waals surface area (Å²) in [5.74, 6) is 0.609. The summed E-state index contributed by atoms with van der Waals surface area (Å²) < 4.78 is 0. The van der Waals surface area contributed by atoms with Gasteiger partial charge in [0.05, 0.1) is 0 Å². The quantitative estimate of drug-likeness (QED) is 0.574. The van der Waals surface area contributed by atoms with Gasteiger partial charge in [-0.25, -0.2) is 4.99 Å². The van der Waals surface area contributed by atoms with Gasteiger partial charge in [0.15, 0.2) is 5.96 Å². The number of hydrogen-bond donors (Lipinski definition) is 1. The van der Waals surface area contributed by atoms with E-state index in [1.807, 2.05) is 36.4 Å². The third kappa shape index (κ3) is 3.47. The second-order valence-corrected chi connectivity index (χ2v) is 6.65. The molecule has 2 N–H and O–H groups in total. The number of nitrogens with zero attached hydrogens (tertiary/aromatic N) is 2. The smallest absolute Gasteiger partial charge is 0.192 e. The van der Waals surface area contributed by atoms with E-state index in [1.165, 1.54) is 11.1 Å². The molecule has 3 aromatic carbocycles. The first kappa shape index (κ1) is 16.4. The standard InChI is InChI=1S/C23H23N3/c24-23(26-16-15-18-9-7-8-14-21(18)17-26)25-22(19-10-3-1-4-11-19)20-12-5-2-6-13-20/h1-14,22H,15-17H2,(H2,24,25). The van der Waals surface area contributed by atoms with E-state index in [0.29, 0.717) is 5.96 Å². The average Bonchev–Trinajstić information content (AvgIpc) is 2.72. The predicted octanol–water partition coefficient (Wildman–Crippen LogP) is 4.15. The van der Waals surface area contributed by atoms with E-state index in [1.54, 1.807) is 0 Å². The summed E-state index contributed by atoms with van der Waals surface area (Å²) in [7, 11) is 0. The number of guanidine groups is 1. The lowest BCUT2D eigenvalue weighted by atomic mass is 9.99. The van der Waals surface area contributed by atoms with Crippen LogP contribution in [0.5, 0.6) is 0 Å². The van der Waals surface area contributed by atoms with Crippen molar-refractivity contribution in [2.24, 2.45) is 10.7 Å². The van der Waals surface area contributed by atoms with E-state index in [9.17, 15) is 0 Å². The summed E-state index contributed by atoms with van der Waals surface area (Å²) in [6.07, 6.45) is 1.01. The van der Waals surface area contributed by atoms with Crippen molar-refractivity contribution in [3.63, 3.8) is 0 Å². The highest BCUT2D eigenvalue weighted by atomic mass is 15.3. The van der Waals surface area contributed by atoms with E-state index in [0.717, 1.165) is 30.6 Å². The molecular formula is C23H23N3. The lowest BCUT2D eigenvalue weighted by Crippen LogP contribution is -2.41. The molecule has 130 valence electrons. The van der Waals surface area contributed by atoms with E-state index >= 15 is 0 Å². The molecule has 0 saturated heterocycles. The van der Waals surface area contributed by atoms with Crippen LogP contribution in [0.4, 0.5) is 0 Å². The van der Waals surface area contributed by atoms with Crippen LogP contribution in [0.25, 0.3) is 0 Å². The zero-order chi connectivity index (χ0) is 17.8. The molecule has 26 heavy (non-hydrogen) atoms. The minimum Gasteiger partial charge on any atom is -0.370 e. The Balaban J connectivity index is 1.65.